The molecular formula is C21H21FN4O2. The SMILES string of the molecule is O=C(Cc1cccnc1)N1CCCC(Cc2nc(-c3ccccc3F)no2)C1. The molecule has 2 aromatic heterocycles. The lowest BCUT2D eigenvalue weighted by Gasteiger charge is -2.32. The van der Waals surface area contributed by atoms with Gasteiger partial charge in [-0.2, -0.15) is 4.98 Å². The molecule has 144 valence electrons. The molecule has 6 nitrogen and oxygen atoms in total. The quantitative estimate of drug-likeness (QED) is 0.679. The van der Waals surface area contributed by atoms with Gasteiger partial charge >= 0.3 is 0 Å². The molecule has 1 amide bonds. The lowest BCUT2D eigenvalue weighted by molar-refractivity contribution is -0.132. The van der Waals surface area contributed by atoms with Gasteiger partial charge in [0.1, 0.15) is 5.82 Å². The molecule has 1 fully saturated rings. The Morgan fingerprint density at radius 1 is 1.25 bits per heavy atom. The number of likely N-dealkylation sites (tertiary alicyclic amines) is 1. The summed E-state index contributed by atoms with van der Waals surface area (Å²) in [4.78, 5) is 22.9. The second kappa shape index (κ2) is 8.29. The van der Waals surface area contributed by atoms with Crippen LogP contribution in [0, 0.1) is 11.7 Å². The first kappa shape index (κ1) is 18.3. The second-order valence-electron chi connectivity index (χ2n) is 7.08. The van der Waals surface area contributed by atoms with Crippen molar-refractivity contribution in [2.45, 2.75) is 25.7 Å². The monoisotopic (exact) mass is 380 g/mol. The average molecular weight is 380 g/mol. The van der Waals surface area contributed by atoms with Crippen molar-refractivity contribution in [3.05, 3.63) is 66.1 Å². The predicted octanol–water partition coefficient (Wildman–Crippen LogP) is 3.29. The highest BCUT2D eigenvalue weighted by Gasteiger charge is 2.25. The Balaban J connectivity index is 1.38. The minimum atomic E-state index is -0.375. The van der Waals surface area contributed by atoms with Crippen LogP contribution >= 0.6 is 0 Å². The summed E-state index contributed by atoms with van der Waals surface area (Å²) < 4.78 is 19.2. The number of halogens is 1. The number of benzene rings is 1. The zero-order valence-electron chi connectivity index (χ0n) is 15.4. The van der Waals surface area contributed by atoms with Crippen LogP contribution in [0.5, 0.6) is 0 Å². The number of nitrogens with zero attached hydrogens (tertiary/aromatic N) is 4. The number of hydrogen-bond donors (Lipinski definition) is 0. The fourth-order valence-electron chi connectivity index (χ4n) is 3.58. The normalized spacial score (nSPS) is 16.9. The molecule has 0 aliphatic carbocycles. The van der Waals surface area contributed by atoms with Crippen molar-refractivity contribution in [3.63, 3.8) is 0 Å². The molecule has 0 spiro atoms. The second-order valence-corrected chi connectivity index (χ2v) is 7.08. The molecule has 0 N–H and O–H groups in total. The van der Waals surface area contributed by atoms with Crippen LogP contribution in [0.15, 0.2) is 53.3 Å². The van der Waals surface area contributed by atoms with Crippen LogP contribution in [0.1, 0.15) is 24.3 Å². The largest absolute Gasteiger partial charge is 0.342 e. The summed E-state index contributed by atoms with van der Waals surface area (Å²) in [6, 6.07) is 10.1. The van der Waals surface area contributed by atoms with Crippen molar-refractivity contribution in [3.8, 4) is 11.4 Å². The summed E-state index contributed by atoms with van der Waals surface area (Å²) in [5, 5.41) is 3.91. The third kappa shape index (κ3) is 4.24. The number of hydrogen-bond acceptors (Lipinski definition) is 5. The van der Waals surface area contributed by atoms with Gasteiger partial charge in [0.25, 0.3) is 0 Å². The van der Waals surface area contributed by atoms with Gasteiger partial charge in [0.15, 0.2) is 0 Å². The van der Waals surface area contributed by atoms with E-state index in [2.05, 4.69) is 15.1 Å². The Labute approximate surface area is 162 Å². The van der Waals surface area contributed by atoms with E-state index in [1.807, 2.05) is 17.0 Å². The smallest absolute Gasteiger partial charge is 0.227 e. The zero-order chi connectivity index (χ0) is 19.3. The molecule has 1 saturated heterocycles. The van der Waals surface area contributed by atoms with Crippen LogP contribution in [0.3, 0.4) is 0 Å². The van der Waals surface area contributed by atoms with Crippen LogP contribution in [-0.2, 0) is 17.6 Å². The van der Waals surface area contributed by atoms with Crippen LogP contribution in [0.2, 0.25) is 0 Å². The van der Waals surface area contributed by atoms with Crippen LogP contribution in [0.25, 0.3) is 11.4 Å². The molecule has 1 aliphatic rings. The number of rotatable bonds is 5. The third-order valence-electron chi connectivity index (χ3n) is 5.00. The van der Waals surface area contributed by atoms with Gasteiger partial charge in [-0.05, 0) is 42.5 Å². The number of carbonyl (C=O) groups excluding carboxylic acids is 1. The molecule has 1 aromatic carbocycles. The topological polar surface area (TPSA) is 72.1 Å². The Hall–Kier alpha value is -3.09. The standard InChI is InChI=1S/C21H21FN4O2/c22-18-8-2-1-7-17(18)21-24-19(28-25-21)11-16-6-4-10-26(14-16)20(27)12-15-5-3-9-23-13-15/h1-3,5,7-9,13,16H,4,6,10-12,14H2. The molecule has 7 heteroatoms. The van der Waals surface area contributed by atoms with Crippen molar-refractivity contribution in [2.24, 2.45) is 5.92 Å². The van der Waals surface area contributed by atoms with E-state index in [9.17, 15) is 9.18 Å². The van der Waals surface area contributed by atoms with Crippen molar-refractivity contribution in [2.75, 3.05) is 13.1 Å². The lowest BCUT2D eigenvalue weighted by Crippen LogP contribution is -2.41. The molecule has 3 heterocycles. The van der Waals surface area contributed by atoms with E-state index in [-0.39, 0.29) is 23.5 Å². The summed E-state index contributed by atoms with van der Waals surface area (Å²) in [6.07, 6.45) is 6.30. The first-order chi connectivity index (χ1) is 13.7. The highest BCUT2D eigenvalue weighted by atomic mass is 19.1. The highest BCUT2D eigenvalue weighted by Crippen LogP contribution is 2.24. The molecule has 1 unspecified atom stereocenters. The molecule has 4 rings (SSSR count). The van der Waals surface area contributed by atoms with Gasteiger partial charge < -0.3 is 9.42 Å². The van der Waals surface area contributed by atoms with Gasteiger partial charge in [0.05, 0.1) is 12.0 Å². The van der Waals surface area contributed by atoms with Gasteiger partial charge in [0.2, 0.25) is 17.6 Å². The van der Waals surface area contributed by atoms with E-state index in [1.54, 1.807) is 30.6 Å². The minimum Gasteiger partial charge on any atom is -0.342 e. The summed E-state index contributed by atoms with van der Waals surface area (Å²) in [6.45, 7) is 1.43. The van der Waals surface area contributed by atoms with E-state index < -0.39 is 0 Å². The predicted molar refractivity (Wildman–Crippen MR) is 101 cm³/mol. The maximum atomic E-state index is 13.9. The van der Waals surface area contributed by atoms with E-state index in [4.69, 9.17) is 4.52 Å². The first-order valence-corrected chi connectivity index (χ1v) is 9.43. The number of carbonyl (C=O) groups is 1. The lowest BCUT2D eigenvalue weighted by atomic mass is 9.94. The van der Waals surface area contributed by atoms with Gasteiger partial charge in [-0.15, -0.1) is 0 Å². The van der Waals surface area contributed by atoms with Crippen LogP contribution < -0.4 is 0 Å². The van der Waals surface area contributed by atoms with Crippen molar-refractivity contribution < 1.29 is 13.7 Å². The van der Waals surface area contributed by atoms with E-state index >= 15 is 0 Å². The summed E-state index contributed by atoms with van der Waals surface area (Å²) in [5.41, 5.74) is 1.25. The Bertz CT molecular complexity index is 944. The maximum absolute atomic E-state index is 13.9. The molecule has 3 aromatic rings. The number of amides is 1. The van der Waals surface area contributed by atoms with Crippen molar-refractivity contribution in [1.29, 1.82) is 0 Å². The molecule has 0 bridgehead atoms. The maximum Gasteiger partial charge on any atom is 0.227 e. The number of aromatic nitrogens is 3. The van der Waals surface area contributed by atoms with Gasteiger partial charge in [-0.1, -0.05) is 23.4 Å². The number of piperidine rings is 1. The molecule has 28 heavy (non-hydrogen) atoms. The van der Waals surface area contributed by atoms with E-state index in [0.29, 0.717) is 30.8 Å². The molecule has 0 radical (unpaired) electrons. The van der Waals surface area contributed by atoms with Crippen LogP contribution in [0.4, 0.5) is 4.39 Å². The fourth-order valence-corrected chi connectivity index (χ4v) is 3.58. The first-order valence-electron chi connectivity index (χ1n) is 9.43. The Morgan fingerprint density at radius 3 is 2.96 bits per heavy atom. The fraction of sp³-hybridized carbons (Fsp3) is 0.333. The Kier molecular flexibility index (Phi) is 5.41. The average Bonchev–Trinajstić information content (AvgIpc) is 3.17. The van der Waals surface area contributed by atoms with Crippen molar-refractivity contribution in [1.82, 2.24) is 20.0 Å². The zero-order valence-corrected chi connectivity index (χ0v) is 15.4. The molecule has 0 saturated carbocycles. The van der Waals surface area contributed by atoms with Gasteiger partial charge in [-0.3, -0.25) is 9.78 Å². The number of pyridine rings is 1. The molecule has 1 atom stereocenters. The summed E-state index contributed by atoms with van der Waals surface area (Å²) >= 11 is 0. The Morgan fingerprint density at radius 2 is 2.14 bits per heavy atom. The van der Waals surface area contributed by atoms with Crippen molar-refractivity contribution >= 4 is 5.91 Å². The molecule has 1 aliphatic heterocycles. The van der Waals surface area contributed by atoms with Gasteiger partial charge in [-0.25, -0.2) is 4.39 Å². The van der Waals surface area contributed by atoms with Gasteiger partial charge in [0, 0.05) is 31.9 Å². The summed E-state index contributed by atoms with van der Waals surface area (Å²) in [5.74, 6) is 0.716. The van der Waals surface area contributed by atoms with E-state index in [0.717, 1.165) is 24.9 Å². The minimum absolute atomic E-state index is 0.107. The van der Waals surface area contributed by atoms with E-state index in [1.165, 1.54) is 6.07 Å². The molecular weight excluding hydrogens is 359 g/mol. The third-order valence-corrected chi connectivity index (χ3v) is 5.00. The summed E-state index contributed by atoms with van der Waals surface area (Å²) in [7, 11) is 0. The van der Waals surface area contributed by atoms with Crippen LogP contribution in [-0.4, -0.2) is 39.0 Å². The highest BCUT2D eigenvalue weighted by molar-refractivity contribution is 5.78.